The second kappa shape index (κ2) is 6.26. The SMILES string of the molecule is Cc1noc(C)c1CN(C)C(=O)Nc1ccc(F)cc1C#N. The number of hydrogen-bond donors (Lipinski definition) is 1. The fourth-order valence-electron chi connectivity index (χ4n) is 1.97. The summed E-state index contributed by atoms with van der Waals surface area (Å²) in [5.41, 5.74) is 1.88. The highest BCUT2D eigenvalue weighted by molar-refractivity contribution is 5.90. The van der Waals surface area contributed by atoms with Gasteiger partial charge in [-0.05, 0) is 32.0 Å². The Balaban J connectivity index is 2.11. The van der Waals surface area contributed by atoms with Crippen LogP contribution >= 0.6 is 0 Å². The molecule has 1 heterocycles. The number of amides is 2. The highest BCUT2D eigenvalue weighted by Gasteiger charge is 2.16. The first kappa shape index (κ1) is 15.5. The number of halogens is 1. The summed E-state index contributed by atoms with van der Waals surface area (Å²) in [4.78, 5) is 13.6. The van der Waals surface area contributed by atoms with Crippen molar-refractivity contribution in [2.75, 3.05) is 12.4 Å². The van der Waals surface area contributed by atoms with Crippen LogP contribution in [0.1, 0.15) is 22.6 Å². The predicted octanol–water partition coefficient (Wildman–Crippen LogP) is 2.97. The molecule has 0 unspecified atom stereocenters. The smallest absolute Gasteiger partial charge is 0.321 e. The zero-order chi connectivity index (χ0) is 16.3. The molecular formula is C15H15FN4O2. The Morgan fingerprint density at radius 2 is 2.23 bits per heavy atom. The van der Waals surface area contributed by atoms with Crippen molar-refractivity contribution in [3.8, 4) is 6.07 Å². The van der Waals surface area contributed by atoms with Crippen molar-refractivity contribution < 1.29 is 13.7 Å². The van der Waals surface area contributed by atoms with Crippen molar-refractivity contribution in [3.05, 3.63) is 46.6 Å². The molecule has 114 valence electrons. The lowest BCUT2D eigenvalue weighted by molar-refractivity contribution is 0.220. The standard InChI is InChI=1S/C15H15FN4O2/c1-9-13(10(2)22-19-9)8-20(3)15(21)18-14-5-4-12(16)6-11(14)7-17/h4-6H,8H2,1-3H3,(H,18,21). The molecule has 1 N–H and O–H groups in total. The molecule has 1 aromatic carbocycles. The van der Waals surface area contributed by atoms with Gasteiger partial charge in [0.1, 0.15) is 17.6 Å². The first-order valence-electron chi connectivity index (χ1n) is 6.56. The van der Waals surface area contributed by atoms with Crippen molar-refractivity contribution in [1.82, 2.24) is 10.1 Å². The second-order valence-electron chi connectivity index (χ2n) is 4.89. The van der Waals surface area contributed by atoms with E-state index < -0.39 is 11.8 Å². The van der Waals surface area contributed by atoms with E-state index in [-0.39, 0.29) is 11.3 Å². The van der Waals surface area contributed by atoms with Gasteiger partial charge in [-0.25, -0.2) is 9.18 Å². The Bertz CT molecular complexity index is 729. The molecular weight excluding hydrogens is 287 g/mol. The molecule has 2 aromatic rings. The Hall–Kier alpha value is -2.88. The van der Waals surface area contributed by atoms with E-state index in [0.29, 0.717) is 12.3 Å². The van der Waals surface area contributed by atoms with E-state index in [0.717, 1.165) is 17.3 Å². The predicted molar refractivity (Wildman–Crippen MR) is 77.6 cm³/mol. The zero-order valence-electron chi connectivity index (χ0n) is 12.5. The number of hydrogen-bond acceptors (Lipinski definition) is 4. The van der Waals surface area contributed by atoms with Crippen molar-refractivity contribution >= 4 is 11.7 Å². The van der Waals surface area contributed by atoms with Crippen LogP contribution in [0.2, 0.25) is 0 Å². The molecule has 1 aromatic heterocycles. The summed E-state index contributed by atoms with van der Waals surface area (Å²) in [6.07, 6.45) is 0. The summed E-state index contributed by atoms with van der Waals surface area (Å²) in [6.45, 7) is 3.89. The monoisotopic (exact) mass is 302 g/mol. The summed E-state index contributed by atoms with van der Waals surface area (Å²) in [7, 11) is 1.61. The third-order valence-electron chi connectivity index (χ3n) is 3.27. The summed E-state index contributed by atoms with van der Waals surface area (Å²) in [5, 5.41) is 15.4. The summed E-state index contributed by atoms with van der Waals surface area (Å²) >= 11 is 0. The van der Waals surface area contributed by atoms with Crippen LogP contribution < -0.4 is 5.32 Å². The minimum atomic E-state index is -0.529. The maximum Gasteiger partial charge on any atom is 0.321 e. The van der Waals surface area contributed by atoms with Gasteiger partial charge < -0.3 is 14.7 Å². The normalized spacial score (nSPS) is 10.1. The number of anilines is 1. The zero-order valence-corrected chi connectivity index (χ0v) is 12.5. The van der Waals surface area contributed by atoms with Crippen LogP contribution in [0.4, 0.5) is 14.9 Å². The number of aromatic nitrogens is 1. The minimum absolute atomic E-state index is 0.0686. The van der Waals surface area contributed by atoms with Crippen LogP contribution in [0.3, 0.4) is 0 Å². The molecule has 7 heteroatoms. The van der Waals surface area contributed by atoms with E-state index in [1.807, 2.05) is 6.07 Å². The maximum absolute atomic E-state index is 13.1. The average molecular weight is 302 g/mol. The lowest BCUT2D eigenvalue weighted by Crippen LogP contribution is -2.31. The number of carbonyl (C=O) groups excluding carboxylic acids is 1. The Kier molecular flexibility index (Phi) is 4.41. The Morgan fingerprint density at radius 3 is 2.82 bits per heavy atom. The molecule has 22 heavy (non-hydrogen) atoms. The van der Waals surface area contributed by atoms with Crippen LogP contribution in [0, 0.1) is 31.0 Å². The van der Waals surface area contributed by atoms with E-state index in [1.165, 1.54) is 17.0 Å². The number of nitriles is 1. The van der Waals surface area contributed by atoms with Gasteiger partial charge in [0, 0.05) is 12.6 Å². The van der Waals surface area contributed by atoms with E-state index in [1.54, 1.807) is 20.9 Å². The molecule has 0 atom stereocenters. The first-order valence-corrected chi connectivity index (χ1v) is 6.56. The first-order chi connectivity index (χ1) is 10.4. The van der Waals surface area contributed by atoms with Crippen molar-refractivity contribution in [1.29, 1.82) is 5.26 Å². The molecule has 2 amide bonds. The molecule has 0 aliphatic carbocycles. The van der Waals surface area contributed by atoms with Crippen LogP contribution in [-0.4, -0.2) is 23.1 Å². The van der Waals surface area contributed by atoms with Crippen molar-refractivity contribution in [2.24, 2.45) is 0 Å². The second-order valence-corrected chi connectivity index (χ2v) is 4.89. The number of urea groups is 1. The van der Waals surface area contributed by atoms with Crippen LogP contribution in [-0.2, 0) is 6.54 Å². The number of aryl methyl sites for hydroxylation is 2. The lowest BCUT2D eigenvalue weighted by Gasteiger charge is -2.18. The third-order valence-corrected chi connectivity index (χ3v) is 3.27. The number of nitrogens with zero attached hydrogens (tertiary/aromatic N) is 3. The topological polar surface area (TPSA) is 82.2 Å². The molecule has 0 spiro atoms. The number of benzene rings is 1. The molecule has 0 aliphatic heterocycles. The summed E-state index contributed by atoms with van der Waals surface area (Å²) in [5.74, 6) is 0.121. The van der Waals surface area contributed by atoms with Crippen LogP contribution in [0.25, 0.3) is 0 Å². The molecule has 0 aliphatic rings. The van der Waals surface area contributed by atoms with Gasteiger partial charge >= 0.3 is 6.03 Å². The van der Waals surface area contributed by atoms with Gasteiger partial charge in [0.2, 0.25) is 0 Å². The molecule has 0 fully saturated rings. The Labute approximate surface area is 127 Å². The quantitative estimate of drug-likeness (QED) is 0.945. The van der Waals surface area contributed by atoms with Crippen molar-refractivity contribution in [3.63, 3.8) is 0 Å². The minimum Gasteiger partial charge on any atom is -0.361 e. The van der Waals surface area contributed by atoms with Gasteiger partial charge in [-0.3, -0.25) is 0 Å². The fourth-order valence-corrected chi connectivity index (χ4v) is 1.97. The van der Waals surface area contributed by atoms with E-state index >= 15 is 0 Å². The summed E-state index contributed by atoms with van der Waals surface area (Å²) < 4.78 is 18.1. The average Bonchev–Trinajstić information content (AvgIpc) is 2.80. The largest absolute Gasteiger partial charge is 0.361 e. The molecule has 0 saturated heterocycles. The molecule has 6 nitrogen and oxygen atoms in total. The molecule has 0 bridgehead atoms. The maximum atomic E-state index is 13.1. The van der Waals surface area contributed by atoms with Gasteiger partial charge in [-0.2, -0.15) is 5.26 Å². The van der Waals surface area contributed by atoms with Crippen LogP contribution in [0.15, 0.2) is 22.7 Å². The molecule has 2 rings (SSSR count). The molecule has 0 radical (unpaired) electrons. The van der Waals surface area contributed by atoms with Gasteiger partial charge in [0.15, 0.2) is 0 Å². The van der Waals surface area contributed by atoms with Gasteiger partial charge in [0.25, 0.3) is 0 Å². The highest BCUT2D eigenvalue weighted by atomic mass is 19.1. The van der Waals surface area contributed by atoms with Gasteiger partial charge in [-0.15, -0.1) is 0 Å². The van der Waals surface area contributed by atoms with E-state index in [2.05, 4.69) is 10.5 Å². The lowest BCUT2D eigenvalue weighted by atomic mass is 10.2. The van der Waals surface area contributed by atoms with Gasteiger partial charge in [0.05, 0.1) is 23.5 Å². The Morgan fingerprint density at radius 1 is 1.50 bits per heavy atom. The van der Waals surface area contributed by atoms with Gasteiger partial charge in [-0.1, -0.05) is 5.16 Å². The number of nitrogens with one attached hydrogen (secondary N) is 1. The van der Waals surface area contributed by atoms with E-state index in [4.69, 9.17) is 9.78 Å². The summed E-state index contributed by atoms with van der Waals surface area (Å²) in [6, 6.07) is 5.05. The van der Waals surface area contributed by atoms with Crippen LogP contribution in [0.5, 0.6) is 0 Å². The van der Waals surface area contributed by atoms with Crippen molar-refractivity contribution in [2.45, 2.75) is 20.4 Å². The third kappa shape index (κ3) is 3.23. The van der Waals surface area contributed by atoms with E-state index in [9.17, 15) is 9.18 Å². The fraction of sp³-hybridized carbons (Fsp3) is 0.267. The number of carbonyl (C=O) groups is 1. The molecule has 0 saturated carbocycles. The highest BCUT2D eigenvalue weighted by Crippen LogP contribution is 2.18. The number of rotatable bonds is 3.